The van der Waals surface area contributed by atoms with Gasteiger partial charge in [0.1, 0.15) is 6.54 Å². The molecule has 0 aromatic heterocycles. The Morgan fingerprint density at radius 3 is 2.33 bits per heavy atom. The number of imide groups is 1. The zero-order valence-electron chi connectivity index (χ0n) is 12.7. The van der Waals surface area contributed by atoms with Gasteiger partial charge in [0, 0.05) is 25.2 Å². The molecule has 0 radical (unpaired) electrons. The smallest absolute Gasteiger partial charge is 0.254 e. The van der Waals surface area contributed by atoms with Gasteiger partial charge in [0.25, 0.3) is 11.8 Å². The van der Waals surface area contributed by atoms with E-state index in [1.807, 2.05) is 0 Å². The molecule has 0 bridgehead atoms. The van der Waals surface area contributed by atoms with Gasteiger partial charge in [-0.2, -0.15) is 0 Å². The van der Waals surface area contributed by atoms with E-state index in [4.69, 9.17) is 0 Å². The van der Waals surface area contributed by atoms with Crippen LogP contribution in [-0.4, -0.2) is 47.2 Å². The van der Waals surface area contributed by atoms with Crippen molar-refractivity contribution in [3.8, 4) is 0 Å². The van der Waals surface area contributed by atoms with Gasteiger partial charge in [0.05, 0.1) is 0 Å². The highest BCUT2D eigenvalue weighted by molar-refractivity contribution is 6.14. The summed E-state index contributed by atoms with van der Waals surface area (Å²) in [5, 5.41) is 0. The van der Waals surface area contributed by atoms with Crippen LogP contribution in [0, 0.1) is 5.92 Å². The number of piperidine rings is 1. The van der Waals surface area contributed by atoms with E-state index in [9.17, 15) is 14.4 Å². The molecule has 0 atom stereocenters. The molecule has 2 aliphatic heterocycles. The van der Waals surface area contributed by atoms with Crippen molar-refractivity contribution in [2.45, 2.75) is 45.4 Å². The Bertz CT molecular complexity index is 419. The second-order valence-electron chi connectivity index (χ2n) is 5.92. The SMILES string of the molecule is CCCCCC1CCN(C(=O)CN2C(=O)C=CC2=O)CC1. The van der Waals surface area contributed by atoms with E-state index in [-0.39, 0.29) is 24.3 Å². The summed E-state index contributed by atoms with van der Waals surface area (Å²) in [6.45, 7) is 3.58. The average molecular weight is 292 g/mol. The molecule has 2 rings (SSSR count). The number of likely N-dealkylation sites (tertiary alicyclic amines) is 1. The first-order valence-corrected chi connectivity index (χ1v) is 7.93. The van der Waals surface area contributed by atoms with Crippen LogP contribution in [0.1, 0.15) is 45.4 Å². The van der Waals surface area contributed by atoms with Crippen LogP contribution in [-0.2, 0) is 14.4 Å². The maximum atomic E-state index is 12.2. The van der Waals surface area contributed by atoms with E-state index < -0.39 is 0 Å². The van der Waals surface area contributed by atoms with E-state index in [2.05, 4.69) is 6.92 Å². The molecule has 3 amide bonds. The standard InChI is InChI=1S/C16H24N2O3/c1-2-3-4-5-13-8-10-17(11-9-13)16(21)12-18-14(19)6-7-15(18)20/h6-7,13H,2-5,8-12H2,1H3. The summed E-state index contributed by atoms with van der Waals surface area (Å²) in [6.07, 6.45) is 9.56. The number of carbonyl (C=O) groups excluding carboxylic acids is 3. The van der Waals surface area contributed by atoms with Crippen molar-refractivity contribution in [1.82, 2.24) is 9.80 Å². The van der Waals surface area contributed by atoms with Crippen LogP contribution in [0.2, 0.25) is 0 Å². The molecule has 0 spiro atoms. The van der Waals surface area contributed by atoms with Crippen molar-refractivity contribution in [3.05, 3.63) is 12.2 Å². The van der Waals surface area contributed by atoms with Gasteiger partial charge >= 0.3 is 0 Å². The number of unbranched alkanes of at least 4 members (excludes halogenated alkanes) is 2. The predicted octanol–water partition coefficient (Wildman–Crippen LogP) is 1.73. The Hall–Kier alpha value is -1.65. The third-order valence-electron chi connectivity index (χ3n) is 4.38. The highest BCUT2D eigenvalue weighted by atomic mass is 16.2. The van der Waals surface area contributed by atoms with E-state index in [1.165, 1.54) is 37.8 Å². The van der Waals surface area contributed by atoms with Crippen molar-refractivity contribution in [2.24, 2.45) is 5.92 Å². The molecule has 2 aliphatic rings. The molecule has 0 unspecified atom stereocenters. The fourth-order valence-electron chi connectivity index (χ4n) is 2.98. The molecule has 0 aliphatic carbocycles. The molecule has 0 N–H and O–H groups in total. The Balaban J connectivity index is 1.73. The zero-order chi connectivity index (χ0) is 15.2. The molecule has 2 heterocycles. The molecule has 0 saturated carbocycles. The first-order chi connectivity index (χ1) is 10.1. The highest BCUT2D eigenvalue weighted by Gasteiger charge is 2.29. The molecule has 1 saturated heterocycles. The lowest BCUT2D eigenvalue weighted by molar-refractivity contribution is -0.145. The second kappa shape index (κ2) is 7.38. The first-order valence-electron chi connectivity index (χ1n) is 7.93. The Labute approximate surface area is 126 Å². The molecule has 5 nitrogen and oxygen atoms in total. The third-order valence-corrected chi connectivity index (χ3v) is 4.38. The van der Waals surface area contributed by atoms with Crippen LogP contribution in [0.5, 0.6) is 0 Å². The van der Waals surface area contributed by atoms with E-state index in [1.54, 1.807) is 4.90 Å². The van der Waals surface area contributed by atoms with Crippen LogP contribution in [0.4, 0.5) is 0 Å². The van der Waals surface area contributed by atoms with Gasteiger partial charge < -0.3 is 4.90 Å². The minimum atomic E-state index is -0.386. The number of hydrogen-bond acceptors (Lipinski definition) is 3. The third kappa shape index (κ3) is 4.16. The van der Waals surface area contributed by atoms with Crippen molar-refractivity contribution in [2.75, 3.05) is 19.6 Å². The molecule has 0 aromatic carbocycles. The maximum absolute atomic E-state index is 12.2. The Morgan fingerprint density at radius 2 is 1.76 bits per heavy atom. The van der Waals surface area contributed by atoms with Gasteiger partial charge in [0.15, 0.2) is 0 Å². The lowest BCUT2D eigenvalue weighted by Crippen LogP contribution is -2.45. The van der Waals surface area contributed by atoms with Gasteiger partial charge in [-0.3, -0.25) is 19.3 Å². The molecular weight excluding hydrogens is 268 g/mol. The molecule has 0 aromatic rings. The lowest BCUT2D eigenvalue weighted by atomic mass is 9.91. The molecular formula is C16H24N2O3. The number of nitrogens with zero attached hydrogens (tertiary/aromatic N) is 2. The number of hydrogen-bond donors (Lipinski definition) is 0. The van der Waals surface area contributed by atoms with Crippen molar-refractivity contribution >= 4 is 17.7 Å². The predicted molar refractivity (Wildman–Crippen MR) is 79.3 cm³/mol. The first kappa shape index (κ1) is 15.7. The summed E-state index contributed by atoms with van der Waals surface area (Å²) in [6, 6.07) is 0. The fraction of sp³-hybridized carbons (Fsp3) is 0.688. The highest BCUT2D eigenvalue weighted by Crippen LogP contribution is 2.23. The Morgan fingerprint density at radius 1 is 1.14 bits per heavy atom. The van der Waals surface area contributed by atoms with Crippen LogP contribution in [0.15, 0.2) is 12.2 Å². The van der Waals surface area contributed by atoms with E-state index in [0.717, 1.165) is 36.7 Å². The van der Waals surface area contributed by atoms with Gasteiger partial charge in [-0.1, -0.05) is 32.6 Å². The van der Waals surface area contributed by atoms with Crippen LogP contribution in [0.25, 0.3) is 0 Å². The number of carbonyl (C=O) groups is 3. The minimum absolute atomic E-state index is 0.118. The largest absolute Gasteiger partial charge is 0.341 e. The summed E-state index contributed by atoms with van der Waals surface area (Å²) in [7, 11) is 0. The second-order valence-corrected chi connectivity index (χ2v) is 5.92. The number of amides is 3. The van der Waals surface area contributed by atoms with Crippen LogP contribution < -0.4 is 0 Å². The molecule has 1 fully saturated rings. The summed E-state index contributed by atoms with van der Waals surface area (Å²) >= 11 is 0. The van der Waals surface area contributed by atoms with Crippen molar-refractivity contribution in [3.63, 3.8) is 0 Å². The minimum Gasteiger partial charge on any atom is -0.341 e. The summed E-state index contributed by atoms with van der Waals surface area (Å²) in [4.78, 5) is 37.9. The summed E-state index contributed by atoms with van der Waals surface area (Å²) in [5.41, 5.74) is 0. The summed E-state index contributed by atoms with van der Waals surface area (Å²) < 4.78 is 0. The van der Waals surface area contributed by atoms with E-state index >= 15 is 0 Å². The average Bonchev–Trinajstić information content (AvgIpc) is 2.80. The quantitative estimate of drug-likeness (QED) is 0.553. The van der Waals surface area contributed by atoms with E-state index in [0.29, 0.717) is 0 Å². The lowest BCUT2D eigenvalue weighted by Gasteiger charge is -2.32. The Kier molecular flexibility index (Phi) is 5.53. The van der Waals surface area contributed by atoms with Gasteiger partial charge in [-0.15, -0.1) is 0 Å². The summed E-state index contributed by atoms with van der Waals surface area (Å²) in [5.74, 6) is -0.171. The fourth-order valence-corrected chi connectivity index (χ4v) is 2.98. The zero-order valence-corrected chi connectivity index (χ0v) is 12.7. The van der Waals surface area contributed by atoms with Gasteiger partial charge in [-0.05, 0) is 18.8 Å². The normalized spacial score (nSPS) is 19.7. The van der Waals surface area contributed by atoms with Crippen molar-refractivity contribution in [1.29, 1.82) is 0 Å². The monoisotopic (exact) mass is 292 g/mol. The molecule has 21 heavy (non-hydrogen) atoms. The van der Waals surface area contributed by atoms with Crippen LogP contribution >= 0.6 is 0 Å². The maximum Gasteiger partial charge on any atom is 0.254 e. The van der Waals surface area contributed by atoms with Crippen LogP contribution in [0.3, 0.4) is 0 Å². The molecule has 5 heteroatoms. The number of rotatable bonds is 6. The van der Waals surface area contributed by atoms with Gasteiger partial charge in [-0.25, -0.2) is 0 Å². The molecule has 116 valence electrons. The topological polar surface area (TPSA) is 57.7 Å². The van der Waals surface area contributed by atoms with Crippen molar-refractivity contribution < 1.29 is 14.4 Å². The van der Waals surface area contributed by atoms with Gasteiger partial charge in [0.2, 0.25) is 5.91 Å².